The highest BCUT2D eigenvalue weighted by atomic mass is 32.2. The Bertz CT molecular complexity index is 1130. The van der Waals surface area contributed by atoms with Gasteiger partial charge in [0.25, 0.3) is 0 Å². The fraction of sp³-hybridized carbons (Fsp3) is 0.385. The van der Waals surface area contributed by atoms with Crippen LogP contribution in [0, 0.1) is 13.8 Å². The maximum atomic E-state index is 4.44. The van der Waals surface area contributed by atoms with Gasteiger partial charge in [0.2, 0.25) is 0 Å². The average Bonchev–Trinajstić information content (AvgIpc) is 3.48. The van der Waals surface area contributed by atoms with Crippen molar-refractivity contribution >= 4 is 34.9 Å². The molecule has 36 heavy (non-hydrogen) atoms. The summed E-state index contributed by atoms with van der Waals surface area (Å²) in [7, 11) is 0. The molecular weight excluding hydrogens is 488 g/mol. The molecule has 0 bridgehead atoms. The van der Waals surface area contributed by atoms with E-state index < -0.39 is 0 Å². The van der Waals surface area contributed by atoms with Gasteiger partial charge in [-0.05, 0) is 52.0 Å². The molecule has 2 heterocycles. The molecule has 10 heteroatoms. The maximum Gasteiger partial charge on any atom is 0.191 e. The van der Waals surface area contributed by atoms with E-state index >= 15 is 0 Å². The number of thioether (sulfide) groups is 2. The van der Waals surface area contributed by atoms with E-state index in [0.717, 1.165) is 57.9 Å². The number of rotatable bonds is 13. The number of nitrogens with zero attached hydrogens (tertiary/aromatic N) is 6. The highest BCUT2D eigenvalue weighted by Gasteiger charge is 2.13. The fourth-order valence-electron chi connectivity index (χ4n) is 3.72. The van der Waals surface area contributed by atoms with Gasteiger partial charge in [-0.1, -0.05) is 58.9 Å². The van der Waals surface area contributed by atoms with E-state index in [0.29, 0.717) is 13.1 Å². The van der Waals surface area contributed by atoms with Gasteiger partial charge in [0.1, 0.15) is 0 Å². The van der Waals surface area contributed by atoms with E-state index in [-0.39, 0.29) is 0 Å². The lowest BCUT2D eigenvalue weighted by Gasteiger charge is -2.10. The second-order valence-electron chi connectivity index (χ2n) is 8.42. The van der Waals surface area contributed by atoms with Gasteiger partial charge in [0, 0.05) is 36.0 Å². The van der Waals surface area contributed by atoms with Crippen molar-refractivity contribution in [3.05, 3.63) is 71.3 Å². The first kappa shape index (κ1) is 26.1. The highest BCUT2D eigenvalue weighted by molar-refractivity contribution is 8.02. The molecule has 0 saturated carbocycles. The third-order valence-corrected chi connectivity index (χ3v) is 7.96. The first-order valence-electron chi connectivity index (χ1n) is 12.3. The SMILES string of the molecule is CCn1c(CNc2ccc(C)cc2)nnc1SCCSc1nnc(CNc2ccc(C)cc2)n1CC. The van der Waals surface area contributed by atoms with Crippen LogP contribution in [0.1, 0.15) is 36.6 Å². The molecule has 190 valence electrons. The van der Waals surface area contributed by atoms with Crippen molar-refractivity contribution in [2.45, 2.75) is 64.2 Å². The lowest BCUT2D eigenvalue weighted by atomic mass is 10.2. The summed E-state index contributed by atoms with van der Waals surface area (Å²) in [4.78, 5) is 0. The Labute approximate surface area is 221 Å². The Morgan fingerprint density at radius 3 is 1.36 bits per heavy atom. The molecule has 0 aliphatic rings. The Balaban J connectivity index is 1.27. The van der Waals surface area contributed by atoms with Crippen LogP contribution >= 0.6 is 23.5 Å². The molecule has 4 aromatic rings. The van der Waals surface area contributed by atoms with Crippen LogP contribution in [0.2, 0.25) is 0 Å². The molecule has 8 nitrogen and oxygen atoms in total. The van der Waals surface area contributed by atoms with Crippen molar-refractivity contribution in [3.8, 4) is 0 Å². The second kappa shape index (κ2) is 12.8. The van der Waals surface area contributed by atoms with E-state index in [1.165, 1.54) is 11.1 Å². The Morgan fingerprint density at radius 1 is 0.611 bits per heavy atom. The fourth-order valence-corrected chi connectivity index (χ4v) is 5.73. The zero-order valence-corrected chi connectivity index (χ0v) is 23.0. The van der Waals surface area contributed by atoms with Crippen LogP contribution in [0.3, 0.4) is 0 Å². The molecule has 0 aliphatic carbocycles. The number of anilines is 2. The normalized spacial score (nSPS) is 11.1. The average molecular weight is 523 g/mol. The molecule has 2 aromatic carbocycles. The van der Waals surface area contributed by atoms with E-state index in [4.69, 9.17) is 0 Å². The van der Waals surface area contributed by atoms with Gasteiger partial charge in [0.05, 0.1) is 13.1 Å². The molecule has 0 saturated heterocycles. The first-order chi connectivity index (χ1) is 17.6. The molecule has 0 aliphatic heterocycles. The number of hydrogen-bond donors (Lipinski definition) is 2. The van der Waals surface area contributed by atoms with Gasteiger partial charge in [-0.15, -0.1) is 20.4 Å². The van der Waals surface area contributed by atoms with Gasteiger partial charge >= 0.3 is 0 Å². The first-order valence-corrected chi connectivity index (χ1v) is 14.2. The molecule has 0 spiro atoms. The van der Waals surface area contributed by atoms with Gasteiger partial charge in [0.15, 0.2) is 22.0 Å². The molecule has 2 N–H and O–H groups in total. The predicted octanol–water partition coefficient (Wildman–Crippen LogP) is 5.63. The van der Waals surface area contributed by atoms with Crippen molar-refractivity contribution in [1.29, 1.82) is 0 Å². The summed E-state index contributed by atoms with van der Waals surface area (Å²) in [6.07, 6.45) is 0. The molecule has 2 aromatic heterocycles. The minimum absolute atomic E-state index is 0.651. The quantitative estimate of drug-likeness (QED) is 0.172. The van der Waals surface area contributed by atoms with Crippen molar-refractivity contribution < 1.29 is 0 Å². The second-order valence-corrected chi connectivity index (χ2v) is 10.5. The van der Waals surface area contributed by atoms with E-state index in [9.17, 15) is 0 Å². The summed E-state index contributed by atoms with van der Waals surface area (Å²) in [5, 5.41) is 26.5. The zero-order valence-electron chi connectivity index (χ0n) is 21.4. The molecule has 0 unspecified atom stereocenters. The van der Waals surface area contributed by atoms with Crippen molar-refractivity contribution in [2.24, 2.45) is 0 Å². The summed E-state index contributed by atoms with van der Waals surface area (Å²) >= 11 is 3.47. The predicted molar refractivity (Wildman–Crippen MR) is 150 cm³/mol. The summed E-state index contributed by atoms with van der Waals surface area (Å²) in [6, 6.07) is 16.8. The third-order valence-electron chi connectivity index (χ3n) is 5.77. The third kappa shape index (κ3) is 6.82. The van der Waals surface area contributed by atoms with Crippen LogP contribution in [0.4, 0.5) is 11.4 Å². The smallest absolute Gasteiger partial charge is 0.191 e. The van der Waals surface area contributed by atoms with Crippen molar-refractivity contribution in [2.75, 3.05) is 22.1 Å². The Morgan fingerprint density at radius 2 is 1.00 bits per heavy atom. The number of benzene rings is 2. The molecule has 0 atom stereocenters. The van der Waals surface area contributed by atoms with Crippen LogP contribution in [0.25, 0.3) is 0 Å². The summed E-state index contributed by atoms with van der Waals surface area (Å²) < 4.78 is 4.36. The minimum atomic E-state index is 0.651. The lowest BCUT2D eigenvalue weighted by Crippen LogP contribution is -2.09. The van der Waals surface area contributed by atoms with Gasteiger partial charge in [-0.2, -0.15) is 0 Å². The van der Waals surface area contributed by atoms with E-state index in [1.54, 1.807) is 23.5 Å². The van der Waals surface area contributed by atoms with Crippen LogP contribution in [0.15, 0.2) is 58.8 Å². The van der Waals surface area contributed by atoms with E-state index in [2.05, 4.69) is 116 Å². The minimum Gasteiger partial charge on any atom is -0.378 e. The van der Waals surface area contributed by atoms with Crippen LogP contribution in [0.5, 0.6) is 0 Å². The zero-order chi connectivity index (χ0) is 25.3. The highest BCUT2D eigenvalue weighted by Crippen LogP contribution is 2.23. The molecule has 4 rings (SSSR count). The number of aromatic nitrogens is 6. The number of aryl methyl sites for hydroxylation is 2. The Kier molecular flexibility index (Phi) is 9.29. The molecular formula is C26H34N8S2. The monoisotopic (exact) mass is 522 g/mol. The number of nitrogens with one attached hydrogen (secondary N) is 2. The standard InChI is InChI=1S/C26H34N8S2/c1-5-33-23(17-27-21-11-7-19(3)8-12-21)29-31-25(33)35-15-16-36-26-32-30-24(34(26)6-2)18-28-22-13-9-20(4)10-14-22/h7-14,27-28H,5-6,15-18H2,1-4H3. The molecule has 0 amide bonds. The molecule has 0 fully saturated rings. The largest absolute Gasteiger partial charge is 0.378 e. The lowest BCUT2D eigenvalue weighted by molar-refractivity contribution is 0.648. The summed E-state index contributed by atoms with van der Waals surface area (Å²) in [5.74, 6) is 3.73. The Hall–Kier alpha value is -2.98. The van der Waals surface area contributed by atoms with Crippen molar-refractivity contribution in [1.82, 2.24) is 29.5 Å². The molecule has 0 radical (unpaired) electrons. The summed E-state index contributed by atoms with van der Waals surface area (Å²) in [5.41, 5.74) is 4.68. The maximum absolute atomic E-state index is 4.44. The van der Waals surface area contributed by atoms with Gasteiger partial charge < -0.3 is 19.8 Å². The number of hydrogen-bond acceptors (Lipinski definition) is 8. The van der Waals surface area contributed by atoms with Gasteiger partial charge in [-0.3, -0.25) is 0 Å². The van der Waals surface area contributed by atoms with Crippen LogP contribution < -0.4 is 10.6 Å². The summed E-state index contributed by atoms with van der Waals surface area (Å²) in [6.45, 7) is 11.4. The van der Waals surface area contributed by atoms with Crippen LogP contribution in [-0.2, 0) is 26.2 Å². The van der Waals surface area contributed by atoms with Gasteiger partial charge in [-0.25, -0.2) is 0 Å². The topological polar surface area (TPSA) is 85.5 Å². The van der Waals surface area contributed by atoms with Crippen molar-refractivity contribution in [3.63, 3.8) is 0 Å². The van der Waals surface area contributed by atoms with E-state index in [1.807, 2.05) is 0 Å². The van der Waals surface area contributed by atoms with Crippen LogP contribution in [-0.4, -0.2) is 41.0 Å².